The topological polar surface area (TPSA) is 98.5 Å². The first-order valence-corrected chi connectivity index (χ1v) is 10.5. The van der Waals surface area contributed by atoms with Crippen LogP contribution >= 0.6 is 0 Å². The standard InChI is InChI=1S/C23H28N4O3/c1-15(29)27-9-5-22(26-17-6-10-30-11-7-17)21(13-27)23(24)19-3-2-16(14-28)18-4-8-25-12-20(18)19/h2-4,8,12,17,24,26,28H,5-7,9-11,13-14H2,1H3. The molecule has 2 aliphatic rings. The van der Waals surface area contributed by atoms with Crippen LogP contribution < -0.4 is 5.32 Å². The lowest BCUT2D eigenvalue weighted by atomic mass is 9.91. The van der Waals surface area contributed by atoms with Crippen LogP contribution in [-0.2, 0) is 16.1 Å². The lowest BCUT2D eigenvalue weighted by molar-refractivity contribution is -0.128. The van der Waals surface area contributed by atoms with E-state index in [4.69, 9.17) is 10.1 Å². The Kier molecular flexibility index (Phi) is 6.11. The molecular formula is C23H28N4O3. The van der Waals surface area contributed by atoms with Gasteiger partial charge in [-0.05, 0) is 29.9 Å². The number of benzene rings is 1. The molecule has 0 saturated carbocycles. The van der Waals surface area contributed by atoms with Gasteiger partial charge in [0.05, 0.1) is 12.3 Å². The normalized spacial score (nSPS) is 18.0. The van der Waals surface area contributed by atoms with E-state index in [0.29, 0.717) is 31.3 Å². The van der Waals surface area contributed by atoms with E-state index in [1.165, 1.54) is 0 Å². The van der Waals surface area contributed by atoms with Gasteiger partial charge in [-0.3, -0.25) is 15.2 Å². The Morgan fingerprint density at radius 1 is 1.30 bits per heavy atom. The quantitative estimate of drug-likeness (QED) is 0.660. The largest absolute Gasteiger partial charge is 0.392 e. The van der Waals surface area contributed by atoms with E-state index in [9.17, 15) is 9.90 Å². The molecular weight excluding hydrogens is 380 g/mol. The van der Waals surface area contributed by atoms with Crippen LogP contribution in [0.1, 0.15) is 37.3 Å². The summed E-state index contributed by atoms with van der Waals surface area (Å²) in [5.41, 5.74) is 3.88. The summed E-state index contributed by atoms with van der Waals surface area (Å²) in [6, 6.07) is 5.94. The Hall–Kier alpha value is -2.77. The SMILES string of the molecule is CC(=O)N1CCC(NC2CCOCC2)=C(C(=N)c2ccc(CO)c3ccncc23)C1. The summed E-state index contributed by atoms with van der Waals surface area (Å²) in [5, 5.41) is 24.1. The van der Waals surface area contributed by atoms with Crippen molar-refractivity contribution in [2.45, 2.75) is 38.8 Å². The number of pyridine rings is 1. The van der Waals surface area contributed by atoms with Crippen LogP contribution in [0.4, 0.5) is 0 Å². The zero-order valence-electron chi connectivity index (χ0n) is 17.3. The first kappa shape index (κ1) is 20.5. The van der Waals surface area contributed by atoms with E-state index in [1.54, 1.807) is 24.2 Å². The molecule has 2 aliphatic heterocycles. The van der Waals surface area contributed by atoms with E-state index in [1.807, 2.05) is 18.2 Å². The number of carbonyl (C=O) groups excluding carboxylic acids is 1. The fraction of sp³-hybridized carbons (Fsp3) is 0.435. The Balaban J connectivity index is 1.74. The molecule has 0 bridgehead atoms. The van der Waals surface area contributed by atoms with Crippen LogP contribution in [0.2, 0.25) is 0 Å². The number of carbonyl (C=O) groups is 1. The van der Waals surface area contributed by atoms with Gasteiger partial charge in [0.15, 0.2) is 0 Å². The summed E-state index contributed by atoms with van der Waals surface area (Å²) in [7, 11) is 0. The summed E-state index contributed by atoms with van der Waals surface area (Å²) < 4.78 is 5.47. The van der Waals surface area contributed by atoms with Crippen molar-refractivity contribution in [3.8, 4) is 0 Å². The van der Waals surface area contributed by atoms with Gasteiger partial charge in [-0.2, -0.15) is 0 Å². The van der Waals surface area contributed by atoms with E-state index in [-0.39, 0.29) is 12.5 Å². The van der Waals surface area contributed by atoms with Gasteiger partial charge in [0.2, 0.25) is 5.91 Å². The van der Waals surface area contributed by atoms with Crippen LogP contribution in [0.25, 0.3) is 10.8 Å². The molecule has 1 aromatic heterocycles. The van der Waals surface area contributed by atoms with Gasteiger partial charge in [0.1, 0.15) is 0 Å². The smallest absolute Gasteiger partial charge is 0.219 e. The summed E-state index contributed by atoms with van der Waals surface area (Å²) in [5.74, 6) is 0.0209. The number of aromatic nitrogens is 1. The highest BCUT2D eigenvalue weighted by molar-refractivity contribution is 6.18. The Labute approximate surface area is 176 Å². The molecule has 0 radical (unpaired) electrons. The number of aliphatic hydroxyl groups is 1. The first-order chi connectivity index (χ1) is 14.6. The number of nitrogens with one attached hydrogen (secondary N) is 2. The highest BCUT2D eigenvalue weighted by Crippen LogP contribution is 2.28. The van der Waals surface area contributed by atoms with Crippen LogP contribution in [0.3, 0.4) is 0 Å². The zero-order chi connectivity index (χ0) is 21.1. The highest BCUT2D eigenvalue weighted by atomic mass is 16.5. The fourth-order valence-corrected chi connectivity index (χ4v) is 4.28. The Morgan fingerprint density at radius 3 is 2.83 bits per heavy atom. The predicted molar refractivity (Wildman–Crippen MR) is 115 cm³/mol. The molecule has 0 aliphatic carbocycles. The molecule has 3 heterocycles. The molecule has 0 atom stereocenters. The van der Waals surface area contributed by atoms with Crippen molar-refractivity contribution in [3.63, 3.8) is 0 Å². The third-order valence-electron chi connectivity index (χ3n) is 6.04. The number of fused-ring (bicyclic) bond motifs is 1. The van der Waals surface area contributed by atoms with Crippen LogP contribution in [0.5, 0.6) is 0 Å². The van der Waals surface area contributed by atoms with Crippen molar-refractivity contribution in [2.24, 2.45) is 0 Å². The zero-order valence-corrected chi connectivity index (χ0v) is 17.3. The number of ether oxygens (including phenoxy) is 1. The second-order valence-electron chi connectivity index (χ2n) is 7.91. The lowest BCUT2D eigenvalue weighted by Crippen LogP contribution is -2.43. The molecule has 0 unspecified atom stereocenters. The maximum absolute atomic E-state index is 12.1. The van der Waals surface area contributed by atoms with E-state index >= 15 is 0 Å². The summed E-state index contributed by atoms with van der Waals surface area (Å²) in [4.78, 5) is 18.1. The molecule has 0 spiro atoms. The molecule has 1 fully saturated rings. The molecule has 4 rings (SSSR count). The maximum atomic E-state index is 12.1. The van der Waals surface area contributed by atoms with Crippen LogP contribution in [0.15, 0.2) is 41.9 Å². The van der Waals surface area contributed by atoms with Crippen LogP contribution in [-0.4, -0.2) is 59.0 Å². The minimum absolute atomic E-state index is 0.0209. The molecule has 7 nitrogen and oxygen atoms in total. The van der Waals surface area contributed by atoms with Crippen molar-refractivity contribution < 1.29 is 14.6 Å². The highest BCUT2D eigenvalue weighted by Gasteiger charge is 2.27. The number of rotatable bonds is 5. The van der Waals surface area contributed by atoms with Gasteiger partial charge < -0.3 is 20.1 Å². The summed E-state index contributed by atoms with van der Waals surface area (Å²) in [6.45, 7) is 4.08. The Morgan fingerprint density at radius 2 is 2.10 bits per heavy atom. The first-order valence-electron chi connectivity index (χ1n) is 10.5. The van der Waals surface area contributed by atoms with Crippen molar-refractivity contribution >= 4 is 22.4 Å². The molecule has 1 saturated heterocycles. The van der Waals surface area contributed by atoms with E-state index < -0.39 is 0 Å². The average molecular weight is 409 g/mol. The second kappa shape index (κ2) is 8.93. The van der Waals surface area contributed by atoms with Crippen molar-refractivity contribution in [1.82, 2.24) is 15.2 Å². The van der Waals surface area contributed by atoms with Crippen molar-refractivity contribution in [3.05, 3.63) is 53.0 Å². The molecule has 1 aromatic carbocycles. The number of amides is 1. The van der Waals surface area contributed by atoms with Gasteiger partial charge in [0, 0.05) is 80.3 Å². The van der Waals surface area contributed by atoms with Gasteiger partial charge in [-0.15, -0.1) is 0 Å². The minimum Gasteiger partial charge on any atom is -0.392 e. The minimum atomic E-state index is -0.0640. The van der Waals surface area contributed by atoms with Crippen molar-refractivity contribution in [1.29, 1.82) is 5.41 Å². The molecule has 30 heavy (non-hydrogen) atoms. The van der Waals surface area contributed by atoms with E-state index in [0.717, 1.165) is 59.2 Å². The third-order valence-corrected chi connectivity index (χ3v) is 6.04. The molecule has 3 N–H and O–H groups in total. The fourth-order valence-electron chi connectivity index (χ4n) is 4.28. The number of hydrogen-bond acceptors (Lipinski definition) is 6. The molecule has 2 aromatic rings. The van der Waals surface area contributed by atoms with E-state index in [2.05, 4.69) is 10.3 Å². The van der Waals surface area contributed by atoms with Gasteiger partial charge >= 0.3 is 0 Å². The molecule has 7 heteroatoms. The monoisotopic (exact) mass is 408 g/mol. The Bertz CT molecular complexity index is 995. The van der Waals surface area contributed by atoms with Gasteiger partial charge in [-0.1, -0.05) is 12.1 Å². The number of hydrogen-bond donors (Lipinski definition) is 3. The molecule has 158 valence electrons. The average Bonchev–Trinajstić information content (AvgIpc) is 2.78. The summed E-state index contributed by atoms with van der Waals surface area (Å²) in [6.07, 6.45) is 6.04. The predicted octanol–water partition coefficient (Wildman–Crippen LogP) is 2.37. The van der Waals surface area contributed by atoms with Gasteiger partial charge in [-0.25, -0.2) is 0 Å². The third kappa shape index (κ3) is 4.08. The second-order valence-corrected chi connectivity index (χ2v) is 7.91. The van der Waals surface area contributed by atoms with Crippen molar-refractivity contribution in [2.75, 3.05) is 26.3 Å². The maximum Gasteiger partial charge on any atom is 0.219 e. The van der Waals surface area contributed by atoms with Crippen LogP contribution in [0, 0.1) is 5.41 Å². The van der Waals surface area contributed by atoms with Gasteiger partial charge in [0.25, 0.3) is 0 Å². The molecule has 1 amide bonds. The lowest BCUT2D eigenvalue weighted by Gasteiger charge is -2.34. The summed E-state index contributed by atoms with van der Waals surface area (Å²) >= 11 is 0. The number of nitrogens with zero attached hydrogens (tertiary/aromatic N) is 2. The number of aliphatic hydroxyl groups excluding tert-OH is 1.